The first kappa shape index (κ1) is 12.9. The molecule has 0 spiro atoms. The summed E-state index contributed by atoms with van der Waals surface area (Å²) < 4.78 is 0. The first-order valence-corrected chi connectivity index (χ1v) is 5.18. The van der Waals surface area contributed by atoms with E-state index in [1.165, 1.54) is 0 Å². The molecule has 0 rings (SSSR count). The van der Waals surface area contributed by atoms with Gasteiger partial charge in [-0.15, -0.1) is 0 Å². The fourth-order valence-corrected chi connectivity index (χ4v) is 1.44. The zero-order chi connectivity index (χ0) is 10.3. The molecule has 0 aromatic rings. The van der Waals surface area contributed by atoms with E-state index in [2.05, 4.69) is 25.7 Å². The standard InChI is InChI=1S/C10H24N2O/c1-4-12(7-9(2)3)8-10(11)5-6-13/h9-10,13H,4-8,11H2,1-3H3. The van der Waals surface area contributed by atoms with Gasteiger partial charge in [-0.25, -0.2) is 0 Å². The molecule has 0 bridgehead atoms. The maximum absolute atomic E-state index is 8.71. The molecule has 0 aromatic heterocycles. The lowest BCUT2D eigenvalue weighted by Crippen LogP contribution is -2.39. The SMILES string of the molecule is CCN(CC(C)C)CC(N)CCO. The minimum absolute atomic E-state index is 0.115. The van der Waals surface area contributed by atoms with Gasteiger partial charge in [0, 0.05) is 25.7 Å². The highest BCUT2D eigenvalue weighted by Gasteiger charge is 2.09. The third kappa shape index (κ3) is 6.99. The fourth-order valence-electron chi connectivity index (χ4n) is 1.44. The van der Waals surface area contributed by atoms with E-state index in [9.17, 15) is 0 Å². The third-order valence-electron chi connectivity index (χ3n) is 2.06. The molecule has 0 aromatic carbocycles. The first-order valence-electron chi connectivity index (χ1n) is 5.18. The van der Waals surface area contributed by atoms with Crippen molar-refractivity contribution in [1.29, 1.82) is 0 Å². The van der Waals surface area contributed by atoms with E-state index in [0.29, 0.717) is 12.3 Å². The van der Waals surface area contributed by atoms with Gasteiger partial charge in [0.05, 0.1) is 0 Å². The maximum atomic E-state index is 8.71. The summed E-state index contributed by atoms with van der Waals surface area (Å²) in [7, 11) is 0. The van der Waals surface area contributed by atoms with Crippen LogP contribution in [0.2, 0.25) is 0 Å². The van der Waals surface area contributed by atoms with Gasteiger partial charge < -0.3 is 15.7 Å². The van der Waals surface area contributed by atoms with Crippen molar-refractivity contribution in [2.45, 2.75) is 33.2 Å². The van der Waals surface area contributed by atoms with Crippen molar-refractivity contribution < 1.29 is 5.11 Å². The molecule has 0 radical (unpaired) electrons. The predicted molar refractivity (Wildman–Crippen MR) is 56.6 cm³/mol. The van der Waals surface area contributed by atoms with Gasteiger partial charge in [-0.05, 0) is 18.9 Å². The molecule has 0 amide bonds. The Balaban J connectivity index is 3.69. The summed E-state index contributed by atoms with van der Waals surface area (Å²) >= 11 is 0. The van der Waals surface area contributed by atoms with Crippen molar-refractivity contribution in [2.24, 2.45) is 11.7 Å². The molecule has 0 heterocycles. The summed E-state index contributed by atoms with van der Waals surface area (Å²) in [5, 5.41) is 8.71. The van der Waals surface area contributed by atoms with Crippen LogP contribution < -0.4 is 5.73 Å². The molecule has 0 fully saturated rings. The lowest BCUT2D eigenvalue weighted by atomic mass is 10.1. The Morgan fingerprint density at radius 1 is 1.31 bits per heavy atom. The first-order chi connectivity index (χ1) is 6.10. The highest BCUT2D eigenvalue weighted by Crippen LogP contribution is 2.00. The highest BCUT2D eigenvalue weighted by molar-refractivity contribution is 4.68. The lowest BCUT2D eigenvalue weighted by Gasteiger charge is -2.25. The number of hydrogen-bond donors (Lipinski definition) is 2. The van der Waals surface area contributed by atoms with E-state index in [1.807, 2.05) is 0 Å². The van der Waals surface area contributed by atoms with Crippen LogP contribution in [-0.4, -0.2) is 42.3 Å². The fraction of sp³-hybridized carbons (Fsp3) is 1.00. The van der Waals surface area contributed by atoms with E-state index in [-0.39, 0.29) is 12.6 Å². The molecule has 0 aliphatic rings. The van der Waals surface area contributed by atoms with Crippen LogP contribution in [0, 0.1) is 5.92 Å². The minimum Gasteiger partial charge on any atom is -0.396 e. The topological polar surface area (TPSA) is 49.5 Å². The average Bonchev–Trinajstić information content (AvgIpc) is 2.02. The summed E-state index contributed by atoms with van der Waals surface area (Å²) in [4.78, 5) is 2.34. The molecule has 0 aliphatic heterocycles. The molecule has 3 N–H and O–H groups in total. The van der Waals surface area contributed by atoms with Gasteiger partial charge in [0.1, 0.15) is 0 Å². The molecule has 3 heteroatoms. The van der Waals surface area contributed by atoms with Crippen LogP contribution in [0.4, 0.5) is 0 Å². The van der Waals surface area contributed by atoms with Crippen LogP contribution in [0.1, 0.15) is 27.2 Å². The average molecular weight is 188 g/mol. The molecule has 1 unspecified atom stereocenters. The van der Waals surface area contributed by atoms with Gasteiger partial charge in [0.15, 0.2) is 0 Å². The maximum Gasteiger partial charge on any atom is 0.0446 e. The zero-order valence-electron chi connectivity index (χ0n) is 9.16. The number of likely N-dealkylation sites (N-methyl/N-ethyl adjacent to an activating group) is 1. The monoisotopic (exact) mass is 188 g/mol. The molecular formula is C10H24N2O. The molecule has 80 valence electrons. The van der Waals surface area contributed by atoms with Crippen molar-refractivity contribution >= 4 is 0 Å². The van der Waals surface area contributed by atoms with Gasteiger partial charge in [-0.2, -0.15) is 0 Å². The van der Waals surface area contributed by atoms with Crippen LogP contribution in [0.15, 0.2) is 0 Å². The Kier molecular flexibility index (Phi) is 7.23. The van der Waals surface area contributed by atoms with Crippen LogP contribution in [0.25, 0.3) is 0 Å². The minimum atomic E-state index is 0.115. The van der Waals surface area contributed by atoms with E-state index in [0.717, 1.165) is 19.6 Å². The molecule has 0 aliphatic carbocycles. The van der Waals surface area contributed by atoms with Gasteiger partial charge in [-0.1, -0.05) is 20.8 Å². The summed E-state index contributed by atoms with van der Waals surface area (Å²) in [5.41, 5.74) is 5.83. The van der Waals surface area contributed by atoms with Crippen molar-refractivity contribution in [3.05, 3.63) is 0 Å². The molecule has 3 nitrogen and oxygen atoms in total. The second kappa shape index (κ2) is 7.30. The normalized spacial score (nSPS) is 14.1. The Morgan fingerprint density at radius 2 is 1.92 bits per heavy atom. The zero-order valence-corrected chi connectivity index (χ0v) is 9.16. The van der Waals surface area contributed by atoms with Gasteiger partial charge in [0.2, 0.25) is 0 Å². The van der Waals surface area contributed by atoms with Crippen LogP contribution in [0.5, 0.6) is 0 Å². The summed E-state index contributed by atoms with van der Waals surface area (Å²) in [5.74, 6) is 0.682. The second-order valence-electron chi connectivity index (χ2n) is 4.02. The molecular weight excluding hydrogens is 164 g/mol. The van der Waals surface area contributed by atoms with Gasteiger partial charge in [0.25, 0.3) is 0 Å². The Bertz CT molecular complexity index is 117. The number of nitrogens with zero attached hydrogens (tertiary/aromatic N) is 1. The van der Waals surface area contributed by atoms with E-state index in [1.54, 1.807) is 0 Å². The van der Waals surface area contributed by atoms with Crippen molar-refractivity contribution in [3.8, 4) is 0 Å². The Morgan fingerprint density at radius 3 is 2.31 bits per heavy atom. The van der Waals surface area contributed by atoms with E-state index < -0.39 is 0 Å². The lowest BCUT2D eigenvalue weighted by molar-refractivity contribution is 0.215. The van der Waals surface area contributed by atoms with Crippen molar-refractivity contribution in [3.63, 3.8) is 0 Å². The number of nitrogens with two attached hydrogens (primary N) is 1. The predicted octanol–water partition coefficient (Wildman–Crippen LogP) is 0.674. The quantitative estimate of drug-likeness (QED) is 0.617. The Hall–Kier alpha value is -0.120. The number of aliphatic hydroxyl groups excluding tert-OH is 1. The van der Waals surface area contributed by atoms with E-state index >= 15 is 0 Å². The highest BCUT2D eigenvalue weighted by atomic mass is 16.3. The largest absolute Gasteiger partial charge is 0.396 e. The van der Waals surface area contributed by atoms with Crippen LogP contribution in [-0.2, 0) is 0 Å². The Labute approximate surface area is 81.9 Å². The molecule has 0 saturated carbocycles. The van der Waals surface area contributed by atoms with E-state index in [4.69, 9.17) is 10.8 Å². The third-order valence-corrected chi connectivity index (χ3v) is 2.06. The van der Waals surface area contributed by atoms with Crippen LogP contribution >= 0.6 is 0 Å². The molecule has 1 atom stereocenters. The molecule has 13 heavy (non-hydrogen) atoms. The van der Waals surface area contributed by atoms with Crippen molar-refractivity contribution in [1.82, 2.24) is 4.90 Å². The van der Waals surface area contributed by atoms with Crippen molar-refractivity contribution in [2.75, 3.05) is 26.2 Å². The molecule has 0 saturated heterocycles. The summed E-state index contributed by atoms with van der Waals surface area (Å²) in [6, 6.07) is 0.115. The summed E-state index contributed by atoms with van der Waals surface area (Å²) in [6.07, 6.45) is 0.703. The smallest absolute Gasteiger partial charge is 0.0446 e. The number of hydrogen-bond acceptors (Lipinski definition) is 3. The van der Waals surface area contributed by atoms with Gasteiger partial charge in [-0.3, -0.25) is 0 Å². The second-order valence-corrected chi connectivity index (χ2v) is 4.02. The number of rotatable bonds is 7. The number of aliphatic hydroxyl groups is 1. The van der Waals surface area contributed by atoms with Crippen LogP contribution in [0.3, 0.4) is 0 Å². The summed E-state index contributed by atoms with van der Waals surface area (Å²) in [6.45, 7) is 9.79. The van der Waals surface area contributed by atoms with Gasteiger partial charge >= 0.3 is 0 Å².